The highest BCUT2D eigenvalue weighted by Crippen LogP contribution is 2.21. The summed E-state index contributed by atoms with van der Waals surface area (Å²) in [4.78, 5) is 67.9. The van der Waals surface area contributed by atoms with Crippen molar-refractivity contribution in [1.82, 2.24) is 0 Å². The van der Waals surface area contributed by atoms with Gasteiger partial charge in [0.25, 0.3) is 0 Å². The van der Waals surface area contributed by atoms with E-state index in [2.05, 4.69) is 0 Å². The van der Waals surface area contributed by atoms with Crippen molar-refractivity contribution < 1.29 is 28.8 Å². The smallest absolute Gasteiger partial charge is 0.138 e. The van der Waals surface area contributed by atoms with Gasteiger partial charge in [-0.15, -0.1) is 0 Å². The lowest BCUT2D eigenvalue weighted by molar-refractivity contribution is -0.128. The van der Waals surface area contributed by atoms with Crippen molar-refractivity contribution in [1.29, 1.82) is 0 Å². The van der Waals surface area contributed by atoms with Gasteiger partial charge in [0.1, 0.15) is 34.7 Å². The van der Waals surface area contributed by atoms with E-state index >= 15 is 0 Å². The number of unbranched alkanes of at least 4 members (excludes halogenated alkanes) is 1. The molecular formula is C35H64O6. The zero-order chi connectivity index (χ0) is 33.1. The van der Waals surface area contributed by atoms with Crippen molar-refractivity contribution in [2.45, 2.75) is 155 Å². The number of hydrogen-bond donors (Lipinski definition) is 0. The van der Waals surface area contributed by atoms with E-state index < -0.39 is 0 Å². The molecule has 6 heteroatoms. The molecule has 0 saturated heterocycles. The molecule has 0 N–H and O–H groups in total. The van der Waals surface area contributed by atoms with Crippen LogP contribution in [0.25, 0.3) is 0 Å². The van der Waals surface area contributed by atoms with E-state index in [4.69, 9.17) is 0 Å². The molecule has 0 fully saturated rings. The number of Topliss-reactive ketones (excluding diaryl/α,β-unsaturated/α-hetero) is 6. The largest absolute Gasteiger partial charge is 0.299 e. The van der Waals surface area contributed by atoms with E-state index in [-0.39, 0.29) is 57.6 Å². The van der Waals surface area contributed by atoms with Crippen molar-refractivity contribution >= 4 is 34.7 Å². The zero-order valence-electron chi connectivity index (χ0n) is 29.1. The van der Waals surface area contributed by atoms with Crippen LogP contribution in [0.15, 0.2) is 0 Å². The van der Waals surface area contributed by atoms with Crippen LogP contribution in [0, 0.1) is 34.5 Å². The van der Waals surface area contributed by atoms with Crippen LogP contribution in [0.3, 0.4) is 0 Å². The summed E-state index contributed by atoms with van der Waals surface area (Å²) in [6.45, 7) is 26.6. The normalized spacial score (nSPS) is 11.6. The van der Waals surface area contributed by atoms with Gasteiger partial charge in [-0.3, -0.25) is 28.8 Å². The summed E-state index contributed by atoms with van der Waals surface area (Å²) in [5, 5.41) is 0. The molecule has 0 aromatic carbocycles. The second-order valence-corrected chi connectivity index (χ2v) is 14.4. The van der Waals surface area contributed by atoms with Gasteiger partial charge < -0.3 is 0 Å². The third-order valence-electron chi connectivity index (χ3n) is 6.77. The van der Waals surface area contributed by atoms with Gasteiger partial charge in [0.05, 0.1) is 0 Å². The van der Waals surface area contributed by atoms with Gasteiger partial charge in [-0.1, -0.05) is 96.9 Å². The fraction of sp³-hybridized carbons (Fsp3) is 0.829. The number of rotatable bonds is 16. The molecule has 0 atom stereocenters. The monoisotopic (exact) mass is 580 g/mol. The van der Waals surface area contributed by atoms with Crippen molar-refractivity contribution in [2.75, 3.05) is 0 Å². The second kappa shape index (κ2) is 21.7. The maximum atomic E-state index is 11.6. The van der Waals surface area contributed by atoms with Gasteiger partial charge in [-0.05, 0) is 19.3 Å². The molecule has 0 unspecified atom stereocenters. The molecule has 0 aliphatic carbocycles. The first-order chi connectivity index (χ1) is 18.4. The molecule has 0 spiro atoms. The Morgan fingerprint density at radius 2 is 0.585 bits per heavy atom. The third kappa shape index (κ3) is 25.5. The van der Waals surface area contributed by atoms with Gasteiger partial charge in [0.2, 0.25) is 0 Å². The van der Waals surface area contributed by atoms with Crippen LogP contribution in [0.2, 0.25) is 0 Å². The highest BCUT2D eigenvalue weighted by atomic mass is 16.1. The number of carbonyl (C=O) groups excluding carboxylic acids is 6. The molecular weight excluding hydrogens is 516 g/mol. The first-order valence-electron chi connectivity index (χ1n) is 15.6. The molecule has 0 radical (unpaired) electrons. The minimum atomic E-state index is -0.273. The highest BCUT2D eigenvalue weighted by molar-refractivity contribution is 5.88. The predicted molar refractivity (Wildman–Crippen MR) is 170 cm³/mol. The topological polar surface area (TPSA) is 102 Å². The van der Waals surface area contributed by atoms with Crippen molar-refractivity contribution in [3.63, 3.8) is 0 Å². The van der Waals surface area contributed by atoms with Crippen LogP contribution in [0.5, 0.6) is 0 Å². The van der Waals surface area contributed by atoms with Gasteiger partial charge >= 0.3 is 0 Å². The molecule has 0 amide bonds. The van der Waals surface area contributed by atoms with Crippen molar-refractivity contribution in [3.05, 3.63) is 0 Å². The molecule has 0 rings (SSSR count). The minimum Gasteiger partial charge on any atom is -0.299 e. The number of carbonyl (C=O) groups is 6. The summed E-state index contributed by atoms with van der Waals surface area (Å²) in [5.41, 5.74) is -0.546. The molecule has 0 saturated carbocycles. The van der Waals surface area contributed by atoms with Gasteiger partial charge in [-0.2, -0.15) is 0 Å². The summed E-state index contributed by atoms with van der Waals surface area (Å²) in [5.74, 6) is 1.85. The van der Waals surface area contributed by atoms with Gasteiger partial charge in [0, 0.05) is 73.0 Å². The van der Waals surface area contributed by atoms with Gasteiger partial charge in [0.15, 0.2) is 0 Å². The quantitative estimate of drug-likeness (QED) is 0.169. The Morgan fingerprint density at radius 1 is 0.366 bits per heavy atom. The Kier molecular flexibility index (Phi) is 23.0. The van der Waals surface area contributed by atoms with E-state index in [1.165, 1.54) is 0 Å². The zero-order valence-corrected chi connectivity index (χ0v) is 29.1. The van der Waals surface area contributed by atoms with E-state index in [1.807, 2.05) is 96.9 Å². The summed E-state index contributed by atoms with van der Waals surface area (Å²) in [6.07, 6.45) is 5.52. The minimum absolute atomic E-state index is 0.0602. The van der Waals surface area contributed by atoms with Crippen LogP contribution in [0.4, 0.5) is 0 Å². The molecule has 0 heterocycles. The van der Waals surface area contributed by atoms with Gasteiger partial charge in [-0.25, -0.2) is 0 Å². The van der Waals surface area contributed by atoms with Crippen LogP contribution in [-0.4, -0.2) is 34.7 Å². The number of hydrogen-bond acceptors (Lipinski definition) is 6. The molecule has 41 heavy (non-hydrogen) atoms. The Morgan fingerprint density at radius 3 is 0.780 bits per heavy atom. The molecule has 0 bridgehead atoms. The van der Waals surface area contributed by atoms with Crippen LogP contribution >= 0.6 is 0 Å². The van der Waals surface area contributed by atoms with E-state index in [1.54, 1.807) is 0 Å². The standard InChI is InChI=1S/C13H24O2.C12H22O2.C10H18O2/c1-12(2,3)10(14)8-7-9-11(15)13(4,5)6;1-9(2)11(13)7-5-6-8-12(14)10(3)4;1-7(2)9(11)5-6-10(12)8(3)4/h7-9H2,1-6H3;9-10H,5-8H2,1-4H3;7-8H,5-6H2,1-4H3. The Labute approximate surface area is 252 Å². The molecule has 0 aromatic rings. The van der Waals surface area contributed by atoms with Crippen molar-refractivity contribution in [2.24, 2.45) is 34.5 Å². The molecule has 6 nitrogen and oxygen atoms in total. The fourth-order valence-electron chi connectivity index (χ4n) is 3.16. The van der Waals surface area contributed by atoms with Crippen molar-refractivity contribution in [3.8, 4) is 0 Å². The average molecular weight is 581 g/mol. The van der Waals surface area contributed by atoms with E-state index in [0.29, 0.717) is 56.5 Å². The van der Waals surface area contributed by atoms with E-state index in [0.717, 1.165) is 12.8 Å². The maximum absolute atomic E-state index is 11.6. The summed E-state index contributed by atoms with van der Waals surface area (Å²) in [6, 6.07) is 0. The Hall–Kier alpha value is -1.98. The van der Waals surface area contributed by atoms with Crippen LogP contribution < -0.4 is 0 Å². The van der Waals surface area contributed by atoms with Crippen LogP contribution in [0.1, 0.15) is 155 Å². The summed E-state index contributed by atoms with van der Waals surface area (Å²) in [7, 11) is 0. The third-order valence-corrected chi connectivity index (χ3v) is 6.77. The lowest BCUT2D eigenvalue weighted by atomic mass is 9.85. The second-order valence-electron chi connectivity index (χ2n) is 14.4. The summed E-state index contributed by atoms with van der Waals surface area (Å²) < 4.78 is 0. The predicted octanol–water partition coefficient (Wildman–Crippen LogP) is 8.60. The molecule has 240 valence electrons. The molecule has 0 aromatic heterocycles. The fourth-order valence-corrected chi connectivity index (χ4v) is 3.16. The molecule has 0 aliphatic rings. The maximum Gasteiger partial charge on any atom is 0.138 e. The first-order valence-corrected chi connectivity index (χ1v) is 15.6. The molecule has 0 aliphatic heterocycles. The Bertz CT molecular complexity index is 749. The number of ketones is 6. The van der Waals surface area contributed by atoms with Crippen LogP contribution in [-0.2, 0) is 28.8 Å². The average Bonchev–Trinajstić information content (AvgIpc) is 2.83. The first kappa shape index (κ1) is 43.5. The lowest BCUT2D eigenvalue weighted by Crippen LogP contribution is -2.22. The highest BCUT2D eigenvalue weighted by Gasteiger charge is 2.23. The SMILES string of the molecule is CC(C)(C)C(=O)CCCC(=O)C(C)(C)C.CC(C)C(=O)CCC(=O)C(C)C.CC(C)C(=O)CCCCC(=O)C(C)C. The van der Waals surface area contributed by atoms with E-state index in [9.17, 15) is 28.8 Å². The Balaban J connectivity index is -0.000000532. The lowest BCUT2D eigenvalue weighted by Gasteiger charge is -2.18. The summed E-state index contributed by atoms with van der Waals surface area (Å²) >= 11 is 0.